The van der Waals surface area contributed by atoms with Crippen LogP contribution in [-0.2, 0) is 6.54 Å². The van der Waals surface area contributed by atoms with Crippen LogP contribution in [0.5, 0.6) is 0 Å². The van der Waals surface area contributed by atoms with Crippen molar-refractivity contribution in [1.29, 1.82) is 0 Å². The monoisotopic (exact) mass is 317 g/mol. The number of nitrogens with one attached hydrogen (secondary N) is 1. The van der Waals surface area contributed by atoms with Crippen molar-refractivity contribution < 1.29 is 0 Å². The van der Waals surface area contributed by atoms with E-state index in [-0.39, 0.29) is 11.5 Å². The van der Waals surface area contributed by atoms with Crippen LogP contribution in [-0.4, -0.2) is 19.5 Å². The van der Waals surface area contributed by atoms with Crippen molar-refractivity contribution >= 4 is 17.1 Å². The lowest BCUT2D eigenvalue weighted by atomic mass is 10.0. The Morgan fingerprint density at radius 2 is 1.71 bits per heavy atom. The first-order chi connectivity index (χ1) is 11.7. The van der Waals surface area contributed by atoms with Gasteiger partial charge in [0.25, 0.3) is 5.56 Å². The highest BCUT2D eigenvalue weighted by molar-refractivity contribution is 5.70. The predicted molar refractivity (Wildman–Crippen MR) is 93.5 cm³/mol. The minimum Gasteiger partial charge on any atom is -0.369 e. The summed E-state index contributed by atoms with van der Waals surface area (Å²) in [5.41, 5.74) is 9.52. The highest BCUT2D eigenvalue weighted by atomic mass is 16.1. The normalized spacial score (nSPS) is 11.0. The Morgan fingerprint density at radius 3 is 2.46 bits per heavy atom. The van der Waals surface area contributed by atoms with Crippen LogP contribution in [0.25, 0.3) is 22.3 Å². The summed E-state index contributed by atoms with van der Waals surface area (Å²) in [7, 11) is 0. The van der Waals surface area contributed by atoms with Crippen molar-refractivity contribution in [2.45, 2.75) is 6.54 Å². The van der Waals surface area contributed by atoms with Gasteiger partial charge < -0.3 is 10.3 Å². The zero-order valence-electron chi connectivity index (χ0n) is 12.8. The number of aromatic amines is 1. The summed E-state index contributed by atoms with van der Waals surface area (Å²) < 4.78 is 1.82. The molecule has 2 aromatic heterocycles. The smallest absolute Gasteiger partial charge is 0.280 e. The van der Waals surface area contributed by atoms with Crippen LogP contribution in [0.15, 0.2) is 65.7 Å². The lowest BCUT2D eigenvalue weighted by Crippen LogP contribution is -2.12. The Balaban J connectivity index is 1.66. The van der Waals surface area contributed by atoms with E-state index in [1.54, 1.807) is 6.33 Å². The van der Waals surface area contributed by atoms with Crippen molar-refractivity contribution in [3.05, 3.63) is 76.8 Å². The van der Waals surface area contributed by atoms with Crippen molar-refractivity contribution in [3.8, 4) is 11.1 Å². The quantitative estimate of drug-likeness (QED) is 0.607. The molecule has 4 rings (SSSR count). The van der Waals surface area contributed by atoms with Gasteiger partial charge in [-0.2, -0.15) is 4.98 Å². The molecule has 0 bridgehead atoms. The second-order valence-electron chi connectivity index (χ2n) is 5.56. The molecule has 0 fully saturated rings. The first kappa shape index (κ1) is 14.2. The molecule has 118 valence electrons. The van der Waals surface area contributed by atoms with E-state index in [0.717, 1.165) is 11.1 Å². The number of hydrogen-bond donors (Lipinski definition) is 2. The Labute approximate surface area is 137 Å². The molecular formula is C18H15N5O. The lowest BCUT2D eigenvalue weighted by Gasteiger charge is -2.06. The van der Waals surface area contributed by atoms with Gasteiger partial charge in [0.15, 0.2) is 11.2 Å². The average Bonchev–Trinajstić information content (AvgIpc) is 2.99. The second-order valence-corrected chi connectivity index (χ2v) is 5.56. The molecule has 0 saturated heterocycles. The number of nitrogen functional groups attached to an aromatic ring is 1. The maximum Gasteiger partial charge on any atom is 0.280 e. The molecule has 0 spiro atoms. The SMILES string of the molecule is Nc1nc2c(ncn2Cc2ccc(-c3ccccc3)cc2)c(=O)[nH]1. The largest absolute Gasteiger partial charge is 0.369 e. The van der Waals surface area contributed by atoms with Gasteiger partial charge in [0, 0.05) is 0 Å². The number of nitrogens with two attached hydrogens (primary N) is 1. The highest BCUT2D eigenvalue weighted by Gasteiger charge is 2.09. The van der Waals surface area contributed by atoms with Gasteiger partial charge in [-0.1, -0.05) is 54.6 Å². The summed E-state index contributed by atoms with van der Waals surface area (Å²) >= 11 is 0. The maximum absolute atomic E-state index is 11.8. The predicted octanol–water partition coefficient (Wildman–Crippen LogP) is 2.42. The number of aromatic nitrogens is 4. The minimum atomic E-state index is -0.323. The van der Waals surface area contributed by atoms with Crippen molar-refractivity contribution in [2.75, 3.05) is 5.73 Å². The molecular weight excluding hydrogens is 302 g/mol. The molecule has 6 nitrogen and oxygen atoms in total. The molecule has 0 aliphatic rings. The van der Waals surface area contributed by atoms with Crippen molar-refractivity contribution in [2.24, 2.45) is 0 Å². The van der Waals surface area contributed by atoms with Crippen LogP contribution in [0.4, 0.5) is 5.95 Å². The summed E-state index contributed by atoms with van der Waals surface area (Å²) in [6.07, 6.45) is 1.61. The van der Waals surface area contributed by atoms with Crippen molar-refractivity contribution in [3.63, 3.8) is 0 Å². The van der Waals surface area contributed by atoms with Crippen LogP contribution >= 0.6 is 0 Å². The molecule has 0 unspecified atom stereocenters. The van der Waals surface area contributed by atoms with Gasteiger partial charge >= 0.3 is 0 Å². The van der Waals surface area contributed by atoms with E-state index >= 15 is 0 Å². The number of imidazole rings is 1. The average molecular weight is 317 g/mol. The zero-order valence-corrected chi connectivity index (χ0v) is 12.8. The van der Waals surface area contributed by atoms with Gasteiger partial charge in [-0.25, -0.2) is 4.98 Å². The van der Waals surface area contributed by atoms with Crippen LogP contribution in [0.1, 0.15) is 5.56 Å². The van der Waals surface area contributed by atoms with E-state index in [4.69, 9.17) is 5.73 Å². The fourth-order valence-corrected chi connectivity index (χ4v) is 2.72. The van der Waals surface area contributed by atoms with Crippen LogP contribution < -0.4 is 11.3 Å². The third kappa shape index (κ3) is 2.54. The second kappa shape index (κ2) is 5.66. The van der Waals surface area contributed by atoms with Gasteiger partial charge in [-0.3, -0.25) is 9.78 Å². The topological polar surface area (TPSA) is 89.6 Å². The number of H-pyrrole nitrogens is 1. The van der Waals surface area contributed by atoms with Gasteiger partial charge in [0.1, 0.15) is 0 Å². The number of fused-ring (bicyclic) bond motifs is 1. The lowest BCUT2D eigenvalue weighted by molar-refractivity contribution is 0.814. The molecule has 2 heterocycles. The molecule has 0 saturated carbocycles. The fourth-order valence-electron chi connectivity index (χ4n) is 2.72. The summed E-state index contributed by atoms with van der Waals surface area (Å²) in [5.74, 6) is 0.0914. The first-order valence-electron chi connectivity index (χ1n) is 7.56. The maximum atomic E-state index is 11.8. The van der Waals surface area contributed by atoms with Crippen LogP contribution in [0.2, 0.25) is 0 Å². The highest BCUT2D eigenvalue weighted by Crippen LogP contribution is 2.20. The van der Waals surface area contributed by atoms with E-state index in [9.17, 15) is 4.79 Å². The Morgan fingerprint density at radius 1 is 1.00 bits per heavy atom. The van der Waals surface area contributed by atoms with Gasteiger partial charge in [0.2, 0.25) is 5.95 Å². The third-order valence-electron chi connectivity index (χ3n) is 3.91. The van der Waals surface area contributed by atoms with Gasteiger partial charge in [-0.05, 0) is 16.7 Å². The van der Waals surface area contributed by atoms with E-state index < -0.39 is 0 Å². The van der Waals surface area contributed by atoms with Crippen molar-refractivity contribution in [1.82, 2.24) is 19.5 Å². The summed E-state index contributed by atoms with van der Waals surface area (Å²) in [6, 6.07) is 18.5. The Hall–Kier alpha value is -3.41. The van der Waals surface area contributed by atoms with E-state index in [2.05, 4.69) is 51.4 Å². The number of nitrogens with zero attached hydrogens (tertiary/aromatic N) is 3. The van der Waals surface area contributed by atoms with Crippen LogP contribution in [0, 0.1) is 0 Å². The summed E-state index contributed by atoms with van der Waals surface area (Å²) in [5, 5.41) is 0. The minimum absolute atomic E-state index is 0.0914. The molecule has 24 heavy (non-hydrogen) atoms. The van der Waals surface area contributed by atoms with Crippen LogP contribution in [0.3, 0.4) is 0 Å². The third-order valence-corrected chi connectivity index (χ3v) is 3.91. The molecule has 0 aliphatic heterocycles. The Bertz CT molecular complexity index is 1050. The molecule has 6 heteroatoms. The Kier molecular flexibility index (Phi) is 3.35. The number of rotatable bonds is 3. The molecule has 0 radical (unpaired) electrons. The number of hydrogen-bond acceptors (Lipinski definition) is 4. The zero-order chi connectivity index (χ0) is 16.5. The molecule has 3 N–H and O–H groups in total. The van der Waals surface area contributed by atoms with Gasteiger partial charge in [0.05, 0.1) is 12.9 Å². The van der Waals surface area contributed by atoms with E-state index in [1.807, 2.05) is 22.8 Å². The molecule has 0 amide bonds. The standard InChI is InChI=1S/C18H15N5O/c19-18-21-16-15(17(24)22-18)20-11-23(16)10-12-6-8-14(9-7-12)13-4-2-1-3-5-13/h1-9,11H,10H2,(H3,19,21,22,24). The molecule has 2 aromatic carbocycles. The summed E-state index contributed by atoms with van der Waals surface area (Å²) in [6.45, 7) is 0.571. The summed E-state index contributed by atoms with van der Waals surface area (Å²) in [4.78, 5) is 22.6. The van der Waals surface area contributed by atoms with E-state index in [1.165, 1.54) is 5.56 Å². The van der Waals surface area contributed by atoms with E-state index in [0.29, 0.717) is 17.7 Å². The first-order valence-corrected chi connectivity index (χ1v) is 7.56. The number of benzene rings is 2. The number of anilines is 1. The molecule has 4 aromatic rings. The fraction of sp³-hybridized carbons (Fsp3) is 0.0556. The molecule has 0 aliphatic carbocycles. The van der Waals surface area contributed by atoms with Gasteiger partial charge in [-0.15, -0.1) is 0 Å². The molecule has 0 atom stereocenters.